The van der Waals surface area contributed by atoms with E-state index in [-0.39, 0.29) is 24.0 Å². The van der Waals surface area contributed by atoms with Crippen LogP contribution >= 0.6 is 15.9 Å². The topological polar surface area (TPSA) is 78.7 Å². The molecule has 1 aromatic rings. The zero-order valence-electron chi connectivity index (χ0n) is 9.46. The highest BCUT2D eigenvalue weighted by Crippen LogP contribution is 2.33. The van der Waals surface area contributed by atoms with Gasteiger partial charge in [0.2, 0.25) is 0 Å². The maximum atomic E-state index is 11.2. The van der Waals surface area contributed by atoms with Crippen molar-refractivity contribution in [3.63, 3.8) is 0 Å². The number of hydrogen-bond acceptors (Lipinski definition) is 5. The van der Waals surface area contributed by atoms with E-state index in [9.17, 15) is 14.9 Å². The number of benzene rings is 1. The van der Waals surface area contributed by atoms with Crippen molar-refractivity contribution in [2.75, 3.05) is 7.11 Å². The van der Waals surface area contributed by atoms with Crippen molar-refractivity contribution in [1.29, 1.82) is 0 Å². The van der Waals surface area contributed by atoms with Gasteiger partial charge in [0, 0.05) is 19.6 Å². The number of nitro groups is 1. The third-order valence-electron chi connectivity index (χ3n) is 2.72. The standard InChI is InChI=1S/C11H10BrNO5/c1-17-11-8(14)5-10(11)18-9-4-6(13(15)16)2-3-7(9)12/h2-4,10-11H,5H2,1H3. The summed E-state index contributed by atoms with van der Waals surface area (Å²) in [5.74, 6) is 0.313. The second-order valence-corrected chi connectivity index (χ2v) is 4.71. The maximum absolute atomic E-state index is 11.2. The van der Waals surface area contributed by atoms with Gasteiger partial charge in [-0.25, -0.2) is 0 Å². The molecule has 1 fully saturated rings. The Morgan fingerprint density at radius 2 is 2.22 bits per heavy atom. The third-order valence-corrected chi connectivity index (χ3v) is 3.37. The second-order valence-electron chi connectivity index (χ2n) is 3.85. The first-order valence-corrected chi connectivity index (χ1v) is 5.98. The summed E-state index contributed by atoms with van der Waals surface area (Å²) < 4.78 is 11.1. The number of carbonyl (C=O) groups is 1. The minimum absolute atomic E-state index is 0.0240. The molecule has 0 spiro atoms. The van der Waals surface area contributed by atoms with E-state index in [1.807, 2.05) is 0 Å². The lowest BCUT2D eigenvalue weighted by atomic mass is 9.90. The summed E-state index contributed by atoms with van der Waals surface area (Å²) in [4.78, 5) is 21.4. The van der Waals surface area contributed by atoms with Crippen molar-refractivity contribution in [1.82, 2.24) is 0 Å². The number of hydrogen-bond donors (Lipinski definition) is 0. The molecule has 1 aliphatic rings. The van der Waals surface area contributed by atoms with Gasteiger partial charge in [-0.15, -0.1) is 0 Å². The number of non-ortho nitro benzene ring substituents is 1. The number of Topliss-reactive ketones (excluding diaryl/α,β-unsaturated/α-hetero) is 1. The smallest absolute Gasteiger partial charge is 0.273 e. The first-order valence-electron chi connectivity index (χ1n) is 5.19. The molecule has 6 nitrogen and oxygen atoms in total. The molecule has 0 aromatic heterocycles. The molecular weight excluding hydrogens is 306 g/mol. The molecule has 0 saturated heterocycles. The highest BCUT2D eigenvalue weighted by molar-refractivity contribution is 9.10. The second kappa shape index (κ2) is 5.03. The molecule has 1 aromatic carbocycles. The molecule has 0 aliphatic heterocycles. The molecule has 0 radical (unpaired) electrons. The fraction of sp³-hybridized carbons (Fsp3) is 0.364. The third kappa shape index (κ3) is 2.37. The summed E-state index contributed by atoms with van der Waals surface area (Å²) >= 11 is 3.24. The van der Waals surface area contributed by atoms with E-state index in [1.54, 1.807) is 0 Å². The van der Waals surface area contributed by atoms with Gasteiger partial charge in [-0.05, 0) is 22.0 Å². The van der Waals surface area contributed by atoms with Gasteiger partial charge in [-0.3, -0.25) is 14.9 Å². The fourth-order valence-electron chi connectivity index (χ4n) is 1.71. The Labute approximate surface area is 111 Å². The summed E-state index contributed by atoms with van der Waals surface area (Å²) in [6.45, 7) is 0. The predicted octanol–water partition coefficient (Wildman–Crippen LogP) is 2.09. The van der Waals surface area contributed by atoms with Gasteiger partial charge in [-0.1, -0.05) is 0 Å². The van der Waals surface area contributed by atoms with Gasteiger partial charge in [0.15, 0.2) is 11.9 Å². The number of halogens is 1. The van der Waals surface area contributed by atoms with Crippen molar-refractivity contribution in [2.24, 2.45) is 0 Å². The van der Waals surface area contributed by atoms with E-state index in [0.29, 0.717) is 10.2 Å². The van der Waals surface area contributed by atoms with E-state index in [4.69, 9.17) is 9.47 Å². The molecule has 1 saturated carbocycles. The zero-order valence-corrected chi connectivity index (χ0v) is 11.0. The Morgan fingerprint density at radius 3 is 2.78 bits per heavy atom. The van der Waals surface area contributed by atoms with Crippen LogP contribution in [-0.2, 0) is 9.53 Å². The van der Waals surface area contributed by atoms with Gasteiger partial charge in [0.05, 0.1) is 15.5 Å². The Morgan fingerprint density at radius 1 is 1.50 bits per heavy atom. The van der Waals surface area contributed by atoms with E-state index in [2.05, 4.69) is 15.9 Å². The fourth-order valence-corrected chi connectivity index (χ4v) is 2.05. The van der Waals surface area contributed by atoms with Crippen LogP contribution < -0.4 is 4.74 Å². The monoisotopic (exact) mass is 315 g/mol. The Hall–Kier alpha value is -1.47. The lowest BCUT2D eigenvalue weighted by Crippen LogP contribution is -2.51. The summed E-state index contributed by atoms with van der Waals surface area (Å²) in [6, 6.07) is 4.23. The van der Waals surface area contributed by atoms with E-state index < -0.39 is 11.0 Å². The average Bonchev–Trinajstić information content (AvgIpc) is 2.31. The van der Waals surface area contributed by atoms with Crippen molar-refractivity contribution < 1.29 is 19.2 Å². The van der Waals surface area contributed by atoms with Gasteiger partial charge in [0.1, 0.15) is 11.9 Å². The lowest BCUT2D eigenvalue weighted by molar-refractivity contribution is -0.385. The average molecular weight is 316 g/mol. The van der Waals surface area contributed by atoms with Crippen molar-refractivity contribution in [3.05, 3.63) is 32.8 Å². The van der Waals surface area contributed by atoms with Gasteiger partial charge in [0.25, 0.3) is 5.69 Å². The summed E-state index contributed by atoms with van der Waals surface area (Å²) in [5.41, 5.74) is -0.0622. The molecule has 0 heterocycles. The van der Waals surface area contributed by atoms with Crippen LogP contribution in [0.25, 0.3) is 0 Å². The summed E-state index contributed by atoms with van der Waals surface area (Å²) in [7, 11) is 1.43. The van der Waals surface area contributed by atoms with Crippen LogP contribution in [0, 0.1) is 10.1 Å². The summed E-state index contributed by atoms with van der Waals surface area (Å²) in [6.07, 6.45) is -0.717. The molecule has 7 heteroatoms. The van der Waals surface area contributed by atoms with Gasteiger partial charge in [-0.2, -0.15) is 0 Å². The molecule has 2 rings (SSSR count). The van der Waals surface area contributed by atoms with Crippen LogP contribution in [0.5, 0.6) is 5.75 Å². The van der Waals surface area contributed by atoms with Gasteiger partial charge >= 0.3 is 0 Å². The predicted molar refractivity (Wildman–Crippen MR) is 65.6 cm³/mol. The van der Waals surface area contributed by atoms with E-state index >= 15 is 0 Å². The molecule has 1 aliphatic carbocycles. The Balaban J connectivity index is 2.16. The first-order chi connectivity index (χ1) is 8.52. The van der Waals surface area contributed by atoms with Crippen LogP contribution in [0.15, 0.2) is 22.7 Å². The largest absolute Gasteiger partial charge is 0.485 e. The normalized spacial score (nSPS) is 22.4. The Kier molecular flexibility index (Phi) is 3.63. The minimum atomic E-state index is -0.587. The van der Waals surface area contributed by atoms with Crippen molar-refractivity contribution >= 4 is 27.4 Å². The quantitative estimate of drug-likeness (QED) is 0.628. The van der Waals surface area contributed by atoms with Crippen LogP contribution in [0.3, 0.4) is 0 Å². The lowest BCUT2D eigenvalue weighted by Gasteiger charge is -2.33. The molecule has 0 N–H and O–H groups in total. The summed E-state index contributed by atoms with van der Waals surface area (Å²) in [5, 5.41) is 10.7. The molecule has 18 heavy (non-hydrogen) atoms. The van der Waals surface area contributed by atoms with Crippen molar-refractivity contribution in [2.45, 2.75) is 18.6 Å². The SMILES string of the molecule is COC1C(=O)CC1Oc1cc([N+](=O)[O-])ccc1Br. The molecule has 96 valence electrons. The molecule has 2 atom stereocenters. The van der Waals surface area contributed by atoms with Crippen LogP contribution in [-0.4, -0.2) is 30.0 Å². The van der Waals surface area contributed by atoms with Crippen molar-refractivity contribution in [3.8, 4) is 5.75 Å². The number of methoxy groups -OCH3 is 1. The van der Waals surface area contributed by atoms with Crippen LogP contribution in [0.4, 0.5) is 5.69 Å². The molecular formula is C11H10BrNO5. The Bertz CT molecular complexity index is 504. The highest BCUT2D eigenvalue weighted by Gasteiger charge is 2.42. The van der Waals surface area contributed by atoms with Gasteiger partial charge < -0.3 is 9.47 Å². The number of nitrogens with zero attached hydrogens (tertiary/aromatic N) is 1. The number of ether oxygens (including phenoxy) is 2. The highest BCUT2D eigenvalue weighted by atomic mass is 79.9. The van der Waals surface area contributed by atoms with E-state index in [1.165, 1.54) is 25.3 Å². The first kappa shape index (κ1) is 13.0. The number of nitro benzene ring substituents is 1. The van der Waals surface area contributed by atoms with E-state index in [0.717, 1.165) is 0 Å². The van der Waals surface area contributed by atoms with Crippen LogP contribution in [0.2, 0.25) is 0 Å². The maximum Gasteiger partial charge on any atom is 0.273 e. The number of rotatable bonds is 4. The zero-order chi connectivity index (χ0) is 13.3. The molecule has 0 bridgehead atoms. The minimum Gasteiger partial charge on any atom is -0.485 e. The molecule has 2 unspecified atom stereocenters. The number of ketones is 1. The molecule has 0 amide bonds. The van der Waals surface area contributed by atoms with Crippen LogP contribution in [0.1, 0.15) is 6.42 Å². The number of carbonyl (C=O) groups excluding carboxylic acids is 1.